The molecule has 5 heteroatoms. The molecule has 0 bridgehead atoms. The van der Waals surface area contributed by atoms with Gasteiger partial charge in [0.2, 0.25) is 0 Å². The van der Waals surface area contributed by atoms with Crippen molar-refractivity contribution in [2.45, 2.75) is 96.3 Å². The first kappa shape index (κ1) is 24.7. The van der Waals surface area contributed by atoms with E-state index in [1.807, 2.05) is 36.4 Å². The third-order valence-electron chi connectivity index (χ3n) is 8.44. The van der Waals surface area contributed by atoms with Gasteiger partial charge in [-0.05, 0) is 101 Å². The van der Waals surface area contributed by atoms with E-state index < -0.39 is 0 Å². The zero-order valence-electron chi connectivity index (χ0n) is 21.7. The van der Waals surface area contributed by atoms with Crippen LogP contribution in [0.15, 0.2) is 36.4 Å². The number of nitrogens with zero attached hydrogens (tertiary/aromatic N) is 1. The predicted molar refractivity (Wildman–Crippen MR) is 139 cm³/mol. The fourth-order valence-corrected chi connectivity index (χ4v) is 6.05. The molecule has 4 rings (SSSR count). The predicted octanol–water partition coefficient (Wildman–Crippen LogP) is 5.53. The number of benzene rings is 2. The van der Waals surface area contributed by atoms with Crippen molar-refractivity contribution in [1.29, 1.82) is 0 Å². The van der Waals surface area contributed by atoms with Crippen molar-refractivity contribution in [3.63, 3.8) is 0 Å². The Morgan fingerprint density at radius 2 is 1.32 bits per heavy atom. The molecule has 1 saturated heterocycles. The number of hydrogen-bond donors (Lipinski definition) is 2. The van der Waals surface area contributed by atoms with Gasteiger partial charge >= 0.3 is 0 Å². The van der Waals surface area contributed by atoms with Crippen molar-refractivity contribution in [3.05, 3.63) is 47.5 Å². The number of piperidine rings is 1. The Balaban J connectivity index is 1.45. The first-order chi connectivity index (χ1) is 16.0. The van der Waals surface area contributed by atoms with Crippen molar-refractivity contribution in [3.8, 4) is 0 Å². The molecule has 2 aromatic rings. The lowest BCUT2D eigenvalue weighted by Crippen LogP contribution is -2.62. The molecule has 1 saturated carbocycles. The lowest BCUT2D eigenvalue weighted by atomic mass is 9.77. The van der Waals surface area contributed by atoms with Gasteiger partial charge in [-0.25, -0.2) is 0 Å². The maximum Gasteiger partial charge on any atom is 0.251 e. The summed E-state index contributed by atoms with van der Waals surface area (Å²) < 4.78 is 0. The van der Waals surface area contributed by atoms with E-state index in [4.69, 9.17) is 0 Å². The summed E-state index contributed by atoms with van der Waals surface area (Å²) >= 11 is 0. The van der Waals surface area contributed by atoms with Gasteiger partial charge in [0, 0.05) is 34.3 Å². The maximum absolute atomic E-state index is 13.1. The second kappa shape index (κ2) is 9.33. The normalized spacial score (nSPS) is 25.1. The highest BCUT2D eigenvalue weighted by molar-refractivity contribution is 6.02. The van der Waals surface area contributed by atoms with Crippen LogP contribution in [0.3, 0.4) is 0 Å². The van der Waals surface area contributed by atoms with Crippen LogP contribution < -0.4 is 10.6 Å². The Hall–Kier alpha value is -2.40. The Morgan fingerprint density at radius 1 is 0.824 bits per heavy atom. The minimum absolute atomic E-state index is 0.00466. The van der Waals surface area contributed by atoms with E-state index in [0.717, 1.165) is 30.0 Å². The van der Waals surface area contributed by atoms with Gasteiger partial charge in [0.25, 0.3) is 11.8 Å². The Kier molecular flexibility index (Phi) is 6.78. The van der Waals surface area contributed by atoms with E-state index in [2.05, 4.69) is 57.2 Å². The highest BCUT2D eigenvalue weighted by Crippen LogP contribution is 2.37. The highest BCUT2D eigenvalue weighted by Gasteiger charge is 2.43. The van der Waals surface area contributed by atoms with Crippen molar-refractivity contribution in [2.75, 3.05) is 7.05 Å². The minimum atomic E-state index is -0.0313. The summed E-state index contributed by atoms with van der Waals surface area (Å²) in [5.74, 6) is 0.492. The van der Waals surface area contributed by atoms with Crippen LogP contribution in [0.1, 0.15) is 93.9 Å². The second-order valence-electron chi connectivity index (χ2n) is 11.9. The summed E-state index contributed by atoms with van der Waals surface area (Å²) in [5, 5.41) is 8.46. The summed E-state index contributed by atoms with van der Waals surface area (Å²) in [5.41, 5.74) is 1.39. The third kappa shape index (κ3) is 5.14. The van der Waals surface area contributed by atoms with Crippen molar-refractivity contribution < 1.29 is 9.59 Å². The van der Waals surface area contributed by atoms with Crippen LogP contribution >= 0.6 is 0 Å². The number of rotatable bonds is 4. The first-order valence-electron chi connectivity index (χ1n) is 12.9. The zero-order valence-corrected chi connectivity index (χ0v) is 21.7. The Bertz CT molecular complexity index is 1060. The first-order valence-corrected chi connectivity index (χ1v) is 12.9. The van der Waals surface area contributed by atoms with Gasteiger partial charge in [0.15, 0.2) is 0 Å². The zero-order chi connectivity index (χ0) is 24.7. The van der Waals surface area contributed by atoms with Crippen molar-refractivity contribution in [2.24, 2.45) is 5.92 Å². The number of fused-ring (bicyclic) bond motifs is 1. The number of likely N-dealkylation sites (tertiary alicyclic amines) is 1. The average molecular weight is 464 g/mol. The van der Waals surface area contributed by atoms with Gasteiger partial charge in [-0.1, -0.05) is 31.9 Å². The molecule has 1 aliphatic heterocycles. The summed E-state index contributed by atoms with van der Waals surface area (Å²) in [4.78, 5) is 28.4. The molecule has 184 valence electrons. The lowest BCUT2D eigenvalue weighted by molar-refractivity contribution is -0.0169. The Morgan fingerprint density at radius 3 is 1.85 bits per heavy atom. The molecule has 34 heavy (non-hydrogen) atoms. The highest BCUT2D eigenvalue weighted by atomic mass is 16.2. The number of hydrogen-bond acceptors (Lipinski definition) is 3. The number of carbonyl (C=O) groups is 2. The molecular formula is C29H41N3O2. The molecule has 2 fully saturated rings. The molecule has 1 heterocycles. The fraction of sp³-hybridized carbons (Fsp3) is 0.586. The van der Waals surface area contributed by atoms with Crippen LogP contribution in [0.2, 0.25) is 0 Å². The van der Waals surface area contributed by atoms with Crippen LogP contribution in [0.4, 0.5) is 0 Å². The maximum atomic E-state index is 13.1. The van der Waals surface area contributed by atoms with Crippen molar-refractivity contribution in [1.82, 2.24) is 15.5 Å². The average Bonchev–Trinajstić information content (AvgIpc) is 2.77. The quantitative estimate of drug-likeness (QED) is 0.627. The number of nitrogens with one attached hydrogen (secondary N) is 2. The summed E-state index contributed by atoms with van der Waals surface area (Å²) in [7, 11) is 2.17. The van der Waals surface area contributed by atoms with Crippen molar-refractivity contribution >= 4 is 22.6 Å². The summed E-state index contributed by atoms with van der Waals surface area (Å²) in [6.07, 6.45) is 6.52. The third-order valence-corrected chi connectivity index (χ3v) is 8.44. The van der Waals surface area contributed by atoms with Crippen LogP contribution in [0.25, 0.3) is 10.8 Å². The van der Waals surface area contributed by atoms with Crippen LogP contribution in [0, 0.1) is 5.92 Å². The van der Waals surface area contributed by atoms with E-state index in [1.165, 1.54) is 19.3 Å². The second-order valence-corrected chi connectivity index (χ2v) is 11.9. The number of carbonyl (C=O) groups excluding carboxylic acids is 2. The molecule has 0 radical (unpaired) electrons. The van der Waals surface area contributed by atoms with Gasteiger partial charge in [-0.3, -0.25) is 14.5 Å². The Labute approximate surface area is 204 Å². The molecule has 2 atom stereocenters. The van der Waals surface area contributed by atoms with Gasteiger partial charge in [0.1, 0.15) is 0 Å². The van der Waals surface area contributed by atoms with Gasteiger partial charge in [0.05, 0.1) is 0 Å². The topological polar surface area (TPSA) is 61.4 Å². The van der Waals surface area contributed by atoms with Crippen LogP contribution in [0.5, 0.6) is 0 Å². The van der Waals surface area contributed by atoms with Crippen LogP contribution in [-0.4, -0.2) is 46.9 Å². The molecule has 2 unspecified atom stereocenters. The fourth-order valence-electron chi connectivity index (χ4n) is 6.05. The molecule has 2 amide bonds. The van der Waals surface area contributed by atoms with Gasteiger partial charge < -0.3 is 10.6 Å². The van der Waals surface area contributed by atoms with Gasteiger partial charge in [-0.2, -0.15) is 0 Å². The summed E-state index contributed by atoms with van der Waals surface area (Å²) in [6.45, 7) is 11.2. The summed E-state index contributed by atoms with van der Waals surface area (Å²) in [6, 6.07) is 11.9. The molecule has 5 nitrogen and oxygen atoms in total. The SMILES string of the molecule is CC1CCCCC1NC(=O)c1ccc2cc(C(=O)NC3CC(C)(C)N(C)C(C)(C)C3)ccc2c1. The minimum Gasteiger partial charge on any atom is -0.349 e. The molecule has 0 aromatic heterocycles. The standard InChI is InChI=1S/C29H41N3O2/c1-19-9-7-8-10-25(19)31-27(34)23-14-12-20-15-22(13-11-21(20)16-23)26(33)30-24-17-28(2,3)32(6)29(4,5)18-24/h11-16,19,24-25H,7-10,17-18H2,1-6H3,(H,30,33)(H,31,34). The van der Waals surface area contributed by atoms with E-state index in [0.29, 0.717) is 17.0 Å². The molecule has 1 aliphatic carbocycles. The largest absolute Gasteiger partial charge is 0.349 e. The van der Waals surface area contributed by atoms with Gasteiger partial charge in [-0.15, -0.1) is 0 Å². The molecule has 2 aromatic carbocycles. The monoisotopic (exact) mass is 463 g/mol. The molecule has 0 spiro atoms. The van der Waals surface area contributed by atoms with Crippen LogP contribution in [-0.2, 0) is 0 Å². The molecule has 2 aliphatic rings. The molecule has 2 N–H and O–H groups in total. The van der Waals surface area contributed by atoms with E-state index in [9.17, 15) is 9.59 Å². The lowest BCUT2D eigenvalue weighted by Gasteiger charge is -2.53. The number of amides is 2. The van der Waals surface area contributed by atoms with E-state index in [1.54, 1.807) is 0 Å². The smallest absolute Gasteiger partial charge is 0.251 e. The van der Waals surface area contributed by atoms with E-state index in [-0.39, 0.29) is 35.0 Å². The molecular weight excluding hydrogens is 422 g/mol. The van der Waals surface area contributed by atoms with E-state index >= 15 is 0 Å².